The molecule has 0 amide bonds. The van der Waals surface area contributed by atoms with Crippen molar-refractivity contribution in [2.75, 3.05) is 63.5 Å². The third-order valence-electron chi connectivity index (χ3n) is 13.7. The molecule has 9 rings (SSSR count). The Hall–Kier alpha value is -6.28. The van der Waals surface area contributed by atoms with E-state index in [0.29, 0.717) is 35.4 Å². The Bertz CT molecular complexity index is 2890. The summed E-state index contributed by atoms with van der Waals surface area (Å²) in [6, 6.07) is 18.6. The van der Waals surface area contributed by atoms with Crippen molar-refractivity contribution in [3.8, 4) is 34.5 Å². The van der Waals surface area contributed by atoms with Crippen molar-refractivity contribution in [2.24, 2.45) is 0 Å². The monoisotopic (exact) mass is 1020 g/mol. The Morgan fingerprint density at radius 3 is 2.35 bits per heavy atom. The Labute approximate surface area is 415 Å². The first-order valence-electron chi connectivity index (χ1n) is 23.5. The smallest absolute Gasteiger partial charge is 0.418 e. The van der Waals surface area contributed by atoms with Crippen LogP contribution in [0.5, 0.6) is 23.3 Å². The molecule has 374 valence electrons. The molecular weight excluding hydrogens is 962 g/mol. The highest BCUT2D eigenvalue weighted by Gasteiger charge is 2.50. The number of rotatable bonds is 17. The van der Waals surface area contributed by atoms with Gasteiger partial charge in [0.1, 0.15) is 41.9 Å². The van der Waals surface area contributed by atoms with Gasteiger partial charge in [-0.15, -0.1) is 0 Å². The normalized spacial score (nSPS) is 18.4. The number of aryl methyl sites for hydroxylation is 1. The van der Waals surface area contributed by atoms with Crippen LogP contribution in [0.15, 0.2) is 72.9 Å². The molecule has 3 aliphatic heterocycles. The van der Waals surface area contributed by atoms with Crippen LogP contribution in [0.2, 0.25) is 5.02 Å². The van der Waals surface area contributed by atoms with Crippen molar-refractivity contribution in [2.45, 2.75) is 77.0 Å². The van der Waals surface area contributed by atoms with Gasteiger partial charge in [-0.1, -0.05) is 41.9 Å². The minimum absolute atomic E-state index is 0.00822. The number of benzene rings is 3. The molecule has 14 nitrogen and oxygen atoms in total. The summed E-state index contributed by atoms with van der Waals surface area (Å²) >= 11 is 7.24. The van der Waals surface area contributed by atoms with E-state index in [1.54, 1.807) is 55.5 Å². The van der Waals surface area contributed by atoms with E-state index in [4.69, 9.17) is 45.3 Å². The van der Waals surface area contributed by atoms with E-state index in [-0.39, 0.29) is 73.3 Å². The van der Waals surface area contributed by atoms with Gasteiger partial charge in [0, 0.05) is 37.8 Å². The quantitative estimate of drug-likeness (QED) is 0.0686. The topological polar surface area (TPSA) is 145 Å². The Kier molecular flexibility index (Phi) is 14.3. The molecule has 0 spiro atoms. The lowest BCUT2D eigenvalue weighted by atomic mass is 9.94. The lowest BCUT2D eigenvalue weighted by molar-refractivity contribution is -0.137. The van der Waals surface area contributed by atoms with Crippen LogP contribution < -0.4 is 34.1 Å². The molecule has 2 saturated heterocycles. The van der Waals surface area contributed by atoms with E-state index in [1.165, 1.54) is 19.2 Å². The molecule has 6 heterocycles. The summed E-state index contributed by atoms with van der Waals surface area (Å²) < 4.78 is 94.7. The number of anilines is 2. The van der Waals surface area contributed by atoms with Crippen LogP contribution in [0, 0.1) is 12.7 Å². The lowest BCUT2D eigenvalue weighted by Crippen LogP contribution is -2.43. The van der Waals surface area contributed by atoms with Crippen LogP contribution in [0.1, 0.15) is 67.0 Å². The molecular formula is C51H54ClF4N7O7Si. The van der Waals surface area contributed by atoms with Crippen molar-refractivity contribution in [1.82, 2.24) is 24.8 Å². The Morgan fingerprint density at radius 2 is 1.72 bits per heavy atom. The van der Waals surface area contributed by atoms with Gasteiger partial charge >= 0.3 is 12.2 Å². The van der Waals surface area contributed by atoms with Crippen molar-refractivity contribution in [1.29, 1.82) is 0 Å². The molecule has 0 aliphatic carbocycles. The first-order chi connectivity index (χ1) is 34.1. The minimum Gasteiger partial charge on any atom is -0.497 e. The molecule has 2 fully saturated rings. The molecule has 3 aromatic carbocycles. The van der Waals surface area contributed by atoms with Crippen LogP contribution in [0.25, 0.3) is 22.2 Å². The number of carboxylic acid groups (broad SMARTS) is 1. The van der Waals surface area contributed by atoms with E-state index >= 15 is 17.6 Å². The highest BCUT2D eigenvalue weighted by atomic mass is 35.5. The van der Waals surface area contributed by atoms with Crippen LogP contribution in [-0.4, -0.2) is 110 Å². The Morgan fingerprint density at radius 1 is 1.03 bits per heavy atom. The summed E-state index contributed by atoms with van der Waals surface area (Å²) in [6.45, 7) is 7.81. The van der Waals surface area contributed by atoms with E-state index in [1.807, 2.05) is 43.0 Å². The first kappa shape index (κ1) is 49.7. The number of alkyl halides is 3. The van der Waals surface area contributed by atoms with Gasteiger partial charge in [0.25, 0.3) is 5.59 Å². The maximum absolute atomic E-state index is 18.2. The predicted octanol–water partition coefficient (Wildman–Crippen LogP) is 8.88. The molecule has 0 unspecified atom stereocenters. The fourth-order valence-corrected chi connectivity index (χ4v) is 11.8. The molecule has 20 heteroatoms. The summed E-state index contributed by atoms with van der Waals surface area (Å²) in [5.41, 5.74) is -2.34. The maximum Gasteiger partial charge on any atom is 0.418 e. The van der Waals surface area contributed by atoms with Gasteiger partial charge in [0.2, 0.25) is 9.52 Å². The van der Waals surface area contributed by atoms with E-state index in [0.717, 1.165) is 37.1 Å². The highest BCUT2D eigenvalue weighted by Crippen LogP contribution is 2.51. The predicted molar refractivity (Wildman–Crippen MR) is 264 cm³/mol. The third-order valence-corrected chi connectivity index (χ3v) is 15.3. The minimum atomic E-state index is -5.02. The molecule has 3 aromatic heterocycles. The summed E-state index contributed by atoms with van der Waals surface area (Å²) in [6.07, 6.45) is -1.04. The van der Waals surface area contributed by atoms with Gasteiger partial charge in [-0.2, -0.15) is 23.1 Å². The second-order valence-corrected chi connectivity index (χ2v) is 20.1. The number of carbonyl (C=O) groups is 1. The summed E-state index contributed by atoms with van der Waals surface area (Å²) in [5.74, 6) is 0.179. The number of halogens is 5. The van der Waals surface area contributed by atoms with Crippen LogP contribution in [0.4, 0.5) is 34.0 Å². The van der Waals surface area contributed by atoms with Crippen molar-refractivity contribution < 1.29 is 51.1 Å². The van der Waals surface area contributed by atoms with Crippen molar-refractivity contribution in [3.63, 3.8) is 0 Å². The fourth-order valence-electron chi connectivity index (χ4n) is 10.4. The van der Waals surface area contributed by atoms with Gasteiger partial charge in [-0.3, -0.25) is 14.7 Å². The van der Waals surface area contributed by atoms with Crippen molar-refractivity contribution in [3.05, 3.63) is 112 Å². The maximum atomic E-state index is 18.2. The first-order valence-corrected chi connectivity index (χ1v) is 25.3. The molecule has 1 N–H and O–H groups in total. The van der Waals surface area contributed by atoms with Crippen LogP contribution >= 0.6 is 11.6 Å². The largest absolute Gasteiger partial charge is 0.497 e. The fraction of sp³-hybridized carbons (Fsp3) is 0.392. The number of ether oxygens (including phenoxy) is 5. The number of aromatic nitrogens is 4. The summed E-state index contributed by atoms with van der Waals surface area (Å²) in [7, 11) is 1.23. The van der Waals surface area contributed by atoms with Gasteiger partial charge in [0.05, 0.1) is 65.7 Å². The second-order valence-electron chi connectivity index (χ2n) is 18.1. The average molecular weight is 1020 g/mol. The zero-order chi connectivity index (χ0) is 50.2. The number of fused-ring (bicyclic) bond motifs is 1. The van der Waals surface area contributed by atoms with Crippen LogP contribution in [-0.2, 0) is 24.0 Å². The van der Waals surface area contributed by atoms with Crippen LogP contribution in [0.3, 0.4) is 0 Å². The van der Waals surface area contributed by atoms with E-state index < -0.39 is 66.0 Å². The number of methoxy groups -OCH3 is 2. The third kappa shape index (κ3) is 10.0. The van der Waals surface area contributed by atoms with E-state index in [2.05, 4.69) is 14.9 Å². The summed E-state index contributed by atoms with van der Waals surface area (Å²) in [5, 5.41) is 9.85. The van der Waals surface area contributed by atoms with Gasteiger partial charge in [-0.25, -0.2) is 9.37 Å². The zero-order valence-corrected chi connectivity index (χ0v) is 42.2. The molecule has 3 aliphatic rings. The molecule has 6 aromatic rings. The van der Waals surface area contributed by atoms with Crippen molar-refractivity contribution >= 4 is 54.6 Å². The standard InChI is InChI=1S/C51H54ClF4N7O7Si/c1-6-68-35-24-50(18-8-20-62(50)27-35)28-70-48-59-44-39-45(69-22-21-63(46(39)60-48)30(3)36-9-7-19-57-47(36)71-49(64)65)41(52)38(42(44)53)43-40(51(54,55)56)29(2)23-37(58-43)61(25-31-10-14-33(66-4)15-11-31)26-32-12-16-34(67-5)17-13-32/h7,9-17,19,23,30,35H,6,8,18,20-22,24-28,71H2,1-5H3,(H,64,65)/t30-,35-,50+/m1/s1. The zero-order valence-electron chi connectivity index (χ0n) is 40.0. The molecule has 71 heavy (non-hydrogen) atoms. The molecule has 0 radical (unpaired) electrons. The lowest BCUT2D eigenvalue weighted by Gasteiger charge is -2.32. The Balaban J connectivity index is 1.23. The molecule has 3 atom stereocenters. The van der Waals surface area contributed by atoms with Gasteiger partial charge in [-0.05, 0) is 105 Å². The van der Waals surface area contributed by atoms with Gasteiger partial charge < -0.3 is 38.6 Å². The second kappa shape index (κ2) is 20.4. The SMILES string of the molecule is CCO[C@H]1CN2CCC[C@@]2(COc2nc3c4c(c(Cl)c(-c5nc(N(Cc6ccc(OC)cc6)Cc6ccc(OC)cc6)cc(C)c5C(F)(F)F)c(F)c4n2)OCCN3[C@H](C)c2cccnc2[SiH2]C(=O)O)C1. The summed E-state index contributed by atoms with van der Waals surface area (Å²) in [4.78, 5) is 36.7. The van der Waals surface area contributed by atoms with E-state index in [9.17, 15) is 9.90 Å². The highest BCUT2D eigenvalue weighted by molar-refractivity contribution is 6.82. The number of pyridine rings is 2. The number of hydrogen-bond acceptors (Lipinski definition) is 13. The number of nitrogens with zero attached hydrogens (tertiary/aromatic N) is 7. The van der Waals surface area contributed by atoms with Gasteiger partial charge in [0.15, 0.2) is 11.6 Å². The molecule has 0 bridgehead atoms. The number of hydrogen-bond donors (Lipinski definition) is 1. The average Bonchev–Trinajstić information content (AvgIpc) is 3.82. The molecule has 0 saturated carbocycles.